The van der Waals surface area contributed by atoms with E-state index in [0.29, 0.717) is 37.2 Å². The van der Waals surface area contributed by atoms with Gasteiger partial charge in [0.15, 0.2) is 0 Å². The van der Waals surface area contributed by atoms with Crippen LogP contribution in [0.3, 0.4) is 0 Å². The lowest BCUT2D eigenvalue weighted by Gasteiger charge is -2.38. The Bertz CT molecular complexity index is 1100. The Kier molecular flexibility index (Phi) is 7.43. The number of hydrogen-bond donors (Lipinski definition) is 2. The summed E-state index contributed by atoms with van der Waals surface area (Å²) in [5.74, 6) is -0.805. The quantitative estimate of drug-likeness (QED) is 0.565. The summed E-state index contributed by atoms with van der Waals surface area (Å²) in [6.07, 6.45) is 0.664. The van der Waals surface area contributed by atoms with Crippen LogP contribution in [0.15, 0.2) is 42.5 Å². The highest BCUT2D eigenvalue weighted by molar-refractivity contribution is 6.03. The predicted octanol–water partition coefficient (Wildman–Crippen LogP) is 1.91. The smallest absolute Gasteiger partial charge is 0.319 e. The first-order chi connectivity index (χ1) is 16.8. The van der Waals surface area contributed by atoms with Crippen molar-refractivity contribution in [3.8, 4) is 0 Å². The number of rotatable bonds is 8. The number of carbonyl (C=O) groups excluding carboxylic acids is 3. The van der Waals surface area contributed by atoms with Crippen molar-refractivity contribution in [3.05, 3.63) is 59.2 Å². The Hall–Kier alpha value is -3.75. The van der Waals surface area contributed by atoms with Crippen LogP contribution in [0.2, 0.25) is 0 Å². The largest absolute Gasteiger partial charge is 0.368 e. The molecule has 0 aromatic heterocycles. The molecule has 2 aliphatic heterocycles. The molecule has 9 heteroatoms. The summed E-state index contributed by atoms with van der Waals surface area (Å²) in [5.41, 5.74) is 9.64. The van der Waals surface area contributed by atoms with Crippen molar-refractivity contribution in [2.24, 2.45) is 5.73 Å². The number of anilines is 2. The average Bonchev–Trinajstić information content (AvgIpc) is 3.18. The number of nitrogens with one attached hydrogen (secondary N) is 1. The lowest BCUT2D eigenvalue weighted by Crippen LogP contribution is -2.47. The maximum Gasteiger partial charge on any atom is 0.319 e. The molecule has 0 radical (unpaired) electrons. The number of aryl methyl sites for hydroxylation is 1. The van der Waals surface area contributed by atoms with Gasteiger partial charge in [0, 0.05) is 76.3 Å². The van der Waals surface area contributed by atoms with Crippen LogP contribution in [0.5, 0.6) is 0 Å². The molecule has 2 heterocycles. The normalized spacial score (nSPS) is 16.1. The number of nitrogens with two attached hydrogens (primary N) is 1. The van der Waals surface area contributed by atoms with Gasteiger partial charge in [-0.1, -0.05) is 12.1 Å². The van der Waals surface area contributed by atoms with Crippen molar-refractivity contribution in [3.63, 3.8) is 0 Å². The van der Waals surface area contributed by atoms with Gasteiger partial charge in [-0.25, -0.2) is 4.79 Å². The van der Waals surface area contributed by atoms with Gasteiger partial charge in [0.1, 0.15) is 0 Å². The third-order valence-corrected chi connectivity index (χ3v) is 6.70. The second-order valence-electron chi connectivity index (χ2n) is 9.21. The van der Waals surface area contributed by atoms with Crippen LogP contribution in [-0.4, -0.2) is 87.1 Å². The van der Waals surface area contributed by atoms with E-state index in [-0.39, 0.29) is 11.9 Å². The van der Waals surface area contributed by atoms with Crippen molar-refractivity contribution in [2.75, 3.05) is 69.2 Å². The van der Waals surface area contributed by atoms with Gasteiger partial charge < -0.3 is 30.7 Å². The van der Waals surface area contributed by atoms with Gasteiger partial charge in [0.05, 0.1) is 5.56 Å². The average molecular weight is 479 g/mol. The minimum absolute atomic E-state index is 0.0257. The molecule has 2 aromatic rings. The van der Waals surface area contributed by atoms with E-state index in [1.807, 2.05) is 6.07 Å². The lowest BCUT2D eigenvalue weighted by atomic mass is 10.1. The summed E-state index contributed by atoms with van der Waals surface area (Å²) < 4.78 is 0. The molecular weight excluding hydrogens is 444 g/mol. The molecule has 3 N–H and O–H groups in total. The number of hydrogen-bond acceptors (Lipinski definition) is 5. The van der Waals surface area contributed by atoms with Crippen molar-refractivity contribution in [1.29, 1.82) is 0 Å². The van der Waals surface area contributed by atoms with Gasteiger partial charge in [-0.15, -0.1) is 0 Å². The number of carbonyl (C=O) groups is 3. The summed E-state index contributed by atoms with van der Waals surface area (Å²) >= 11 is 0. The third-order valence-electron chi connectivity index (χ3n) is 6.70. The number of primary amides is 1. The minimum Gasteiger partial charge on any atom is -0.368 e. The van der Waals surface area contributed by atoms with Gasteiger partial charge >= 0.3 is 6.03 Å². The number of piperazine rings is 1. The highest BCUT2D eigenvalue weighted by atomic mass is 16.2. The number of urea groups is 1. The van der Waals surface area contributed by atoms with Gasteiger partial charge in [0.2, 0.25) is 0 Å². The van der Waals surface area contributed by atoms with E-state index >= 15 is 0 Å². The Morgan fingerprint density at radius 2 is 1.71 bits per heavy atom. The molecule has 0 saturated carbocycles. The highest BCUT2D eigenvalue weighted by Crippen LogP contribution is 2.25. The van der Waals surface area contributed by atoms with Crippen LogP contribution in [0.1, 0.15) is 32.7 Å². The summed E-state index contributed by atoms with van der Waals surface area (Å²) in [6.45, 7) is 7.75. The van der Waals surface area contributed by atoms with Crippen LogP contribution in [0.4, 0.5) is 16.2 Å². The van der Waals surface area contributed by atoms with Crippen LogP contribution < -0.4 is 20.9 Å². The molecule has 35 heavy (non-hydrogen) atoms. The first-order valence-electron chi connectivity index (χ1n) is 12.1. The Morgan fingerprint density at radius 3 is 2.37 bits per heavy atom. The van der Waals surface area contributed by atoms with E-state index in [2.05, 4.69) is 46.3 Å². The van der Waals surface area contributed by atoms with E-state index in [0.717, 1.165) is 38.4 Å². The number of nitrogens with zero attached hydrogens (tertiary/aromatic N) is 4. The van der Waals surface area contributed by atoms with Crippen LogP contribution in [-0.2, 0) is 0 Å². The summed E-state index contributed by atoms with van der Waals surface area (Å²) in [5, 5.41) is 2.88. The van der Waals surface area contributed by atoms with E-state index in [9.17, 15) is 14.4 Å². The number of likely N-dealkylation sites (N-methyl/N-ethyl adjacent to an activating group) is 1. The molecule has 9 nitrogen and oxygen atoms in total. The maximum absolute atomic E-state index is 12.7. The summed E-state index contributed by atoms with van der Waals surface area (Å²) in [4.78, 5) is 44.8. The molecule has 0 spiro atoms. The maximum atomic E-state index is 12.7. The molecule has 2 aliphatic rings. The van der Waals surface area contributed by atoms with Gasteiger partial charge in [-0.05, 0) is 49.2 Å². The van der Waals surface area contributed by atoms with Gasteiger partial charge in [-0.3, -0.25) is 9.59 Å². The SMILES string of the molecule is Cc1cccc(N2CCN(c3ccc(C(=O)NCCCN4CCN(C)C4=O)cc3C(N)=O)CC2)c1. The van der Waals surface area contributed by atoms with Crippen LogP contribution in [0, 0.1) is 6.92 Å². The molecule has 2 saturated heterocycles. The molecule has 0 atom stereocenters. The third kappa shape index (κ3) is 5.67. The molecule has 4 rings (SSSR count). The molecular formula is C26H34N6O3. The lowest BCUT2D eigenvalue weighted by molar-refractivity contribution is 0.0952. The first-order valence-corrected chi connectivity index (χ1v) is 12.1. The molecule has 2 aromatic carbocycles. The predicted molar refractivity (Wildman–Crippen MR) is 137 cm³/mol. The second kappa shape index (κ2) is 10.7. The fraction of sp³-hybridized carbons (Fsp3) is 0.423. The zero-order chi connectivity index (χ0) is 24.9. The molecule has 0 bridgehead atoms. The van der Waals surface area contributed by atoms with Crippen molar-refractivity contribution >= 4 is 29.2 Å². The Labute approximate surface area is 206 Å². The van der Waals surface area contributed by atoms with Crippen LogP contribution >= 0.6 is 0 Å². The van der Waals surface area contributed by atoms with Crippen molar-refractivity contribution < 1.29 is 14.4 Å². The zero-order valence-corrected chi connectivity index (χ0v) is 20.5. The molecule has 0 aliphatic carbocycles. The minimum atomic E-state index is -0.549. The monoisotopic (exact) mass is 478 g/mol. The Balaban J connectivity index is 1.34. The summed E-state index contributed by atoms with van der Waals surface area (Å²) in [6, 6.07) is 13.6. The van der Waals surface area contributed by atoms with Crippen molar-refractivity contribution in [1.82, 2.24) is 15.1 Å². The van der Waals surface area contributed by atoms with Gasteiger partial charge in [-0.2, -0.15) is 0 Å². The zero-order valence-electron chi connectivity index (χ0n) is 20.5. The van der Waals surface area contributed by atoms with E-state index in [1.165, 1.54) is 11.3 Å². The molecule has 0 unspecified atom stereocenters. The summed E-state index contributed by atoms with van der Waals surface area (Å²) in [7, 11) is 1.79. The van der Waals surface area contributed by atoms with Crippen LogP contribution in [0.25, 0.3) is 0 Å². The molecule has 2 fully saturated rings. The van der Waals surface area contributed by atoms with E-state index in [4.69, 9.17) is 5.73 Å². The van der Waals surface area contributed by atoms with Crippen molar-refractivity contribution in [2.45, 2.75) is 13.3 Å². The first kappa shape index (κ1) is 24.4. The van der Waals surface area contributed by atoms with Gasteiger partial charge in [0.25, 0.3) is 11.8 Å². The fourth-order valence-corrected chi connectivity index (χ4v) is 4.67. The Morgan fingerprint density at radius 1 is 0.971 bits per heavy atom. The van der Waals surface area contributed by atoms with E-state index < -0.39 is 5.91 Å². The topological polar surface area (TPSA) is 102 Å². The number of benzene rings is 2. The highest BCUT2D eigenvalue weighted by Gasteiger charge is 2.25. The molecule has 4 amide bonds. The number of amides is 4. The molecule has 186 valence electrons. The second-order valence-corrected chi connectivity index (χ2v) is 9.21. The van der Waals surface area contributed by atoms with E-state index in [1.54, 1.807) is 29.0 Å². The standard InChI is InChI=1S/C26H34N6O3/c1-19-5-3-6-21(17-19)30-13-15-31(16-14-30)23-8-7-20(18-22(23)24(27)33)25(34)28-9-4-10-32-12-11-29(2)26(32)35/h3,5-8,17-18H,4,9-16H2,1-2H3,(H2,27,33)(H,28,34). The fourth-order valence-electron chi connectivity index (χ4n) is 4.67.